The summed E-state index contributed by atoms with van der Waals surface area (Å²) >= 11 is 6.74. The van der Waals surface area contributed by atoms with Gasteiger partial charge in [0.15, 0.2) is 5.65 Å². The van der Waals surface area contributed by atoms with Crippen LogP contribution in [0.2, 0.25) is 0 Å². The van der Waals surface area contributed by atoms with Crippen molar-refractivity contribution in [3.63, 3.8) is 0 Å². The van der Waals surface area contributed by atoms with Crippen LogP contribution in [0.4, 0.5) is 11.4 Å². The Labute approximate surface area is 241 Å². The van der Waals surface area contributed by atoms with Crippen LogP contribution in [-0.2, 0) is 20.8 Å². The lowest BCUT2D eigenvalue weighted by molar-refractivity contribution is -0.129. The number of aliphatic imine (C=N–C) groups is 1. The fraction of sp³-hybridized carbons (Fsp3) is 0.345. The van der Waals surface area contributed by atoms with Crippen LogP contribution in [0, 0.1) is 0 Å². The van der Waals surface area contributed by atoms with Crippen molar-refractivity contribution in [1.82, 2.24) is 19.5 Å². The summed E-state index contributed by atoms with van der Waals surface area (Å²) in [5.74, 6) is 2.09. The number of pyridine rings is 1. The molecule has 4 aliphatic rings. The number of ether oxygens (including phenoxy) is 2. The lowest BCUT2D eigenvalue weighted by Crippen LogP contribution is -2.51. The first-order chi connectivity index (χ1) is 20.0. The molecule has 0 bridgehead atoms. The smallest absolute Gasteiger partial charge is 0.224 e. The number of allylic oxidation sites excluding steroid dienone is 3. The average molecular weight is 573 g/mol. The minimum atomic E-state index is 0.291. The number of fused-ring (bicyclic) bond motifs is 4. The summed E-state index contributed by atoms with van der Waals surface area (Å²) in [6.07, 6.45) is 5.57. The predicted octanol–water partition coefficient (Wildman–Crippen LogP) is 2.32. The molecule has 1 atom stereocenters. The molecule has 11 nitrogen and oxygen atoms in total. The average Bonchev–Trinajstić information content (AvgIpc) is 3.65. The standard InChI is InChI=1S/C29H29ClN8O3/c1-40-21-12-22(26(30)24(13-21)41-2)23-11-17-14-31-29(34-27(17)38-16-32-35-28(23)38)33-18-3-5-19(6-4-18)36-9-10-37-20(15-36)7-8-25(37)39/h3-6,11,13,16,20H,7-10,12,14-15H2,1-2H3,(H,31,33)/t20-/m1/s1. The summed E-state index contributed by atoms with van der Waals surface area (Å²) in [7, 11) is 3.21. The molecule has 1 N–H and O–H groups in total. The van der Waals surface area contributed by atoms with Gasteiger partial charge < -0.3 is 24.6 Å². The summed E-state index contributed by atoms with van der Waals surface area (Å²) < 4.78 is 12.9. The van der Waals surface area contributed by atoms with Crippen LogP contribution in [0.5, 0.6) is 0 Å². The van der Waals surface area contributed by atoms with E-state index in [0.29, 0.717) is 53.7 Å². The van der Waals surface area contributed by atoms with Gasteiger partial charge in [0, 0.05) is 66.8 Å². The van der Waals surface area contributed by atoms with Crippen LogP contribution in [0.25, 0.3) is 11.2 Å². The summed E-state index contributed by atoms with van der Waals surface area (Å²) in [4.78, 5) is 25.9. The summed E-state index contributed by atoms with van der Waals surface area (Å²) in [5.41, 5.74) is 5.18. The molecule has 2 fully saturated rings. The number of aromatic nitrogens is 3. The van der Waals surface area contributed by atoms with Crippen molar-refractivity contribution in [3.05, 3.63) is 75.6 Å². The number of guanidine groups is 1. The van der Waals surface area contributed by atoms with Crippen molar-refractivity contribution in [2.45, 2.75) is 31.8 Å². The number of halogens is 1. The van der Waals surface area contributed by atoms with E-state index in [-0.39, 0.29) is 0 Å². The predicted molar refractivity (Wildman–Crippen MR) is 155 cm³/mol. The van der Waals surface area contributed by atoms with E-state index in [2.05, 4.69) is 32.5 Å². The molecule has 210 valence electrons. The number of nitrogens with one attached hydrogen (secondary N) is 1. The second kappa shape index (κ2) is 10.2. The van der Waals surface area contributed by atoms with Crippen molar-refractivity contribution >= 4 is 46.1 Å². The maximum Gasteiger partial charge on any atom is 0.224 e. The second-order valence-electron chi connectivity index (χ2n) is 10.4. The third-order valence-electron chi connectivity index (χ3n) is 8.15. The lowest BCUT2D eigenvalue weighted by Gasteiger charge is -2.38. The number of hydrogen-bond donors (Lipinski definition) is 1. The Morgan fingerprint density at radius 2 is 1.98 bits per heavy atom. The highest BCUT2D eigenvalue weighted by molar-refractivity contribution is 6.36. The Bertz CT molecular complexity index is 1780. The van der Waals surface area contributed by atoms with E-state index in [4.69, 9.17) is 31.1 Å². The Balaban J connectivity index is 1.16. The number of amides is 1. The molecule has 1 amide bonds. The molecule has 0 unspecified atom stereocenters. The largest absolute Gasteiger partial charge is 0.501 e. The van der Waals surface area contributed by atoms with Gasteiger partial charge in [0.2, 0.25) is 11.9 Å². The lowest BCUT2D eigenvalue weighted by atomic mass is 10.0. The number of carbonyl (C=O) groups excluding carboxylic acids is 1. The number of carbonyl (C=O) groups is 1. The van der Waals surface area contributed by atoms with Gasteiger partial charge in [-0.3, -0.25) is 9.20 Å². The second-order valence-corrected chi connectivity index (χ2v) is 10.8. The van der Waals surface area contributed by atoms with Gasteiger partial charge in [0.05, 0.1) is 25.8 Å². The Morgan fingerprint density at radius 3 is 2.78 bits per heavy atom. The topological polar surface area (TPSA) is 109 Å². The minimum Gasteiger partial charge on any atom is -0.501 e. The normalized spacial score (nSPS) is 21.7. The molecule has 0 spiro atoms. The van der Waals surface area contributed by atoms with Crippen LogP contribution in [0.1, 0.15) is 24.8 Å². The fourth-order valence-corrected chi connectivity index (χ4v) is 6.30. The number of benzene rings is 1. The first kappa shape index (κ1) is 25.6. The molecule has 2 saturated heterocycles. The first-order valence-electron chi connectivity index (χ1n) is 13.6. The molecule has 3 aliphatic heterocycles. The molecule has 1 aromatic carbocycles. The maximum atomic E-state index is 12.0. The molecular weight excluding hydrogens is 544 g/mol. The van der Waals surface area contributed by atoms with Crippen molar-refractivity contribution in [2.24, 2.45) is 9.98 Å². The number of hydrogen-bond acceptors (Lipinski definition) is 9. The van der Waals surface area contributed by atoms with E-state index in [9.17, 15) is 4.79 Å². The SMILES string of the molecule is COC1=CC(OC)=C(Cl)C(=c2cc3c(n4cnnc24)=NC(Nc2ccc(N4CCN5C(=O)CC[C@@H]5C4)cc2)=NC3)C1. The number of piperazine rings is 1. The van der Waals surface area contributed by atoms with Gasteiger partial charge in [-0.25, -0.2) is 4.99 Å². The van der Waals surface area contributed by atoms with Crippen molar-refractivity contribution in [2.75, 3.05) is 44.1 Å². The fourth-order valence-electron chi connectivity index (χ4n) is 6.00. The van der Waals surface area contributed by atoms with E-state index in [0.717, 1.165) is 65.0 Å². The molecule has 3 aromatic rings. The number of methoxy groups -OCH3 is 2. The summed E-state index contributed by atoms with van der Waals surface area (Å²) in [5, 5.41) is 13.3. The molecule has 7 rings (SSSR count). The van der Waals surface area contributed by atoms with Crippen LogP contribution in [0.15, 0.2) is 69.3 Å². The van der Waals surface area contributed by atoms with Gasteiger partial charge in [-0.1, -0.05) is 11.6 Å². The zero-order valence-corrected chi connectivity index (χ0v) is 23.6. The van der Waals surface area contributed by atoms with Crippen molar-refractivity contribution in [1.29, 1.82) is 0 Å². The minimum absolute atomic E-state index is 0.291. The molecule has 0 saturated carbocycles. The highest BCUT2D eigenvalue weighted by Crippen LogP contribution is 2.33. The molecule has 0 radical (unpaired) electrons. The van der Waals surface area contributed by atoms with Gasteiger partial charge in [-0.05, 0) is 42.3 Å². The van der Waals surface area contributed by atoms with Gasteiger partial charge in [-0.2, -0.15) is 4.99 Å². The summed E-state index contributed by atoms with van der Waals surface area (Å²) in [6.45, 7) is 2.95. The van der Waals surface area contributed by atoms with Crippen LogP contribution in [0.3, 0.4) is 0 Å². The molecular formula is C29H29ClN8O3. The molecule has 41 heavy (non-hydrogen) atoms. The third-order valence-corrected chi connectivity index (χ3v) is 8.56. The zero-order valence-electron chi connectivity index (χ0n) is 22.8. The summed E-state index contributed by atoms with van der Waals surface area (Å²) in [6, 6.07) is 10.6. The van der Waals surface area contributed by atoms with Crippen LogP contribution in [-0.4, -0.2) is 71.3 Å². The van der Waals surface area contributed by atoms with Gasteiger partial charge in [0.1, 0.15) is 23.3 Å². The van der Waals surface area contributed by atoms with E-state index < -0.39 is 0 Å². The van der Waals surface area contributed by atoms with Crippen molar-refractivity contribution in [3.8, 4) is 0 Å². The number of nitrogens with zero attached hydrogens (tertiary/aromatic N) is 7. The van der Waals surface area contributed by atoms with Crippen LogP contribution >= 0.6 is 11.6 Å². The van der Waals surface area contributed by atoms with E-state index >= 15 is 0 Å². The quantitative estimate of drug-likeness (QED) is 0.511. The Morgan fingerprint density at radius 1 is 1.12 bits per heavy atom. The van der Waals surface area contributed by atoms with Gasteiger partial charge in [-0.15, -0.1) is 10.2 Å². The number of rotatable bonds is 4. The molecule has 1 aliphatic carbocycles. The van der Waals surface area contributed by atoms with E-state index in [1.165, 1.54) is 0 Å². The molecule has 5 heterocycles. The monoisotopic (exact) mass is 572 g/mol. The first-order valence-corrected chi connectivity index (χ1v) is 14.0. The Hall–Kier alpha value is -4.38. The molecule has 2 aromatic heterocycles. The highest BCUT2D eigenvalue weighted by atomic mass is 35.5. The van der Waals surface area contributed by atoms with Crippen LogP contribution < -0.4 is 20.9 Å². The van der Waals surface area contributed by atoms with E-state index in [1.54, 1.807) is 26.6 Å². The highest BCUT2D eigenvalue weighted by Gasteiger charge is 2.35. The molecule has 12 heteroatoms. The Kier molecular flexibility index (Phi) is 6.38. The van der Waals surface area contributed by atoms with Gasteiger partial charge >= 0.3 is 0 Å². The van der Waals surface area contributed by atoms with Crippen molar-refractivity contribution < 1.29 is 14.3 Å². The van der Waals surface area contributed by atoms with E-state index in [1.807, 2.05) is 27.5 Å². The third kappa shape index (κ3) is 4.50. The maximum absolute atomic E-state index is 12.0. The van der Waals surface area contributed by atoms with Gasteiger partial charge in [0.25, 0.3) is 0 Å². The zero-order chi connectivity index (χ0) is 28.1. The number of anilines is 2.